The Bertz CT molecular complexity index is 1000. The van der Waals surface area contributed by atoms with Crippen LogP contribution in [-0.4, -0.2) is 52.3 Å². The highest BCUT2D eigenvalue weighted by atomic mass is 16.1. The van der Waals surface area contributed by atoms with E-state index in [2.05, 4.69) is 22.4 Å². The Morgan fingerprint density at radius 3 is 2.62 bits per heavy atom. The number of pyridine rings is 1. The Kier molecular flexibility index (Phi) is 5.62. The lowest BCUT2D eigenvalue weighted by molar-refractivity contribution is 0.0950. The van der Waals surface area contributed by atoms with Gasteiger partial charge < -0.3 is 10.2 Å². The molecule has 0 spiro atoms. The van der Waals surface area contributed by atoms with E-state index in [1.165, 1.54) is 12.8 Å². The van der Waals surface area contributed by atoms with E-state index < -0.39 is 0 Å². The second-order valence-corrected chi connectivity index (χ2v) is 8.12. The van der Waals surface area contributed by atoms with E-state index in [9.17, 15) is 4.79 Å². The molecular weight excluding hydrogens is 362 g/mol. The fraction of sp³-hybridized carbons (Fsp3) is 0.435. The molecule has 6 nitrogen and oxygen atoms in total. The van der Waals surface area contributed by atoms with Crippen molar-refractivity contribution >= 4 is 16.9 Å². The van der Waals surface area contributed by atoms with Crippen LogP contribution in [0.25, 0.3) is 22.3 Å². The van der Waals surface area contributed by atoms with E-state index in [4.69, 9.17) is 4.98 Å². The number of rotatable bonds is 5. The van der Waals surface area contributed by atoms with Gasteiger partial charge >= 0.3 is 0 Å². The van der Waals surface area contributed by atoms with Gasteiger partial charge in [0.25, 0.3) is 5.91 Å². The first-order valence-electron chi connectivity index (χ1n) is 10.4. The maximum absolute atomic E-state index is 13.1. The lowest BCUT2D eigenvalue weighted by Gasteiger charge is -2.28. The molecule has 0 atom stereocenters. The van der Waals surface area contributed by atoms with Gasteiger partial charge in [-0.25, -0.2) is 4.98 Å². The number of piperidine rings is 1. The van der Waals surface area contributed by atoms with E-state index in [-0.39, 0.29) is 5.91 Å². The van der Waals surface area contributed by atoms with Crippen molar-refractivity contribution in [3.63, 3.8) is 0 Å². The minimum absolute atomic E-state index is 0.0430. The molecule has 0 unspecified atom stereocenters. The first-order chi connectivity index (χ1) is 14.0. The van der Waals surface area contributed by atoms with Crippen LogP contribution in [0, 0.1) is 12.8 Å². The van der Waals surface area contributed by atoms with Crippen molar-refractivity contribution in [3.8, 4) is 11.3 Å². The Morgan fingerprint density at radius 2 is 1.90 bits per heavy atom. The molecule has 6 heteroatoms. The number of aromatic nitrogens is 3. The third-order valence-electron chi connectivity index (χ3n) is 5.96. The maximum Gasteiger partial charge on any atom is 0.252 e. The highest BCUT2D eigenvalue weighted by Crippen LogP contribution is 2.27. The number of hydrogen-bond acceptors (Lipinski definition) is 4. The molecule has 1 saturated heterocycles. The Balaban J connectivity index is 1.57. The summed E-state index contributed by atoms with van der Waals surface area (Å²) in [6, 6.07) is 11.9. The summed E-state index contributed by atoms with van der Waals surface area (Å²) in [6.45, 7) is 4.94. The molecule has 1 fully saturated rings. The number of nitrogens with one attached hydrogen (secondary N) is 1. The predicted molar refractivity (Wildman–Crippen MR) is 116 cm³/mol. The predicted octanol–water partition coefficient (Wildman–Crippen LogP) is 3.41. The van der Waals surface area contributed by atoms with Crippen LogP contribution in [0.1, 0.15) is 35.3 Å². The molecule has 2 aromatic heterocycles. The van der Waals surface area contributed by atoms with Gasteiger partial charge in [-0.2, -0.15) is 5.10 Å². The van der Waals surface area contributed by atoms with Crippen LogP contribution in [0.2, 0.25) is 0 Å². The van der Waals surface area contributed by atoms with Crippen LogP contribution >= 0.6 is 0 Å². The van der Waals surface area contributed by atoms with Crippen molar-refractivity contribution in [1.82, 2.24) is 25.0 Å². The van der Waals surface area contributed by atoms with Crippen molar-refractivity contribution < 1.29 is 4.79 Å². The summed E-state index contributed by atoms with van der Waals surface area (Å²) in [5.41, 5.74) is 4.01. The molecule has 1 aliphatic heterocycles. The molecule has 3 aromatic rings. The number of carbonyl (C=O) groups is 1. The molecule has 0 radical (unpaired) electrons. The second kappa shape index (κ2) is 8.33. The van der Waals surface area contributed by atoms with Crippen LogP contribution in [0.15, 0.2) is 36.4 Å². The number of benzene rings is 1. The van der Waals surface area contributed by atoms with E-state index in [1.807, 2.05) is 50.4 Å². The average molecular weight is 392 g/mol. The topological polar surface area (TPSA) is 63.1 Å². The fourth-order valence-electron chi connectivity index (χ4n) is 4.22. The minimum atomic E-state index is -0.0430. The molecule has 29 heavy (non-hydrogen) atoms. The molecule has 1 amide bonds. The normalized spacial score (nSPS) is 15.7. The van der Waals surface area contributed by atoms with Crippen LogP contribution in [0.4, 0.5) is 0 Å². The Labute approximate surface area is 171 Å². The van der Waals surface area contributed by atoms with Crippen LogP contribution in [0.5, 0.6) is 0 Å². The van der Waals surface area contributed by atoms with Gasteiger partial charge in [0.05, 0.1) is 22.3 Å². The van der Waals surface area contributed by atoms with Gasteiger partial charge in [-0.05, 0) is 58.3 Å². The third-order valence-corrected chi connectivity index (χ3v) is 5.96. The largest absolute Gasteiger partial charge is 0.352 e. The number of aryl methyl sites for hydroxylation is 2. The number of nitrogens with zero attached hydrogens (tertiary/aromatic N) is 4. The molecule has 152 valence electrons. The molecule has 0 aliphatic carbocycles. The summed E-state index contributed by atoms with van der Waals surface area (Å²) in [5.74, 6) is 0.655. The van der Waals surface area contributed by atoms with E-state index >= 15 is 0 Å². The van der Waals surface area contributed by atoms with Crippen LogP contribution in [-0.2, 0) is 7.05 Å². The summed E-state index contributed by atoms with van der Waals surface area (Å²) < 4.78 is 1.76. The quantitative estimate of drug-likeness (QED) is 0.724. The lowest BCUT2D eigenvalue weighted by atomic mass is 9.94. The summed E-state index contributed by atoms with van der Waals surface area (Å²) in [7, 11) is 4.05. The zero-order valence-corrected chi connectivity index (χ0v) is 17.5. The number of amides is 1. The molecule has 1 N–H and O–H groups in total. The van der Waals surface area contributed by atoms with Gasteiger partial charge in [-0.3, -0.25) is 9.48 Å². The van der Waals surface area contributed by atoms with Crippen molar-refractivity contribution in [2.24, 2.45) is 13.0 Å². The Morgan fingerprint density at radius 1 is 1.17 bits per heavy atom. The van der Waals surface area contributed by atoms with Gasteiger partial charge in [0.1, 0.15) is 0 Å². The first kappa shape index (κ1) is 19.6. The lowest BCUT2D eigenvalue weighted by Crippen LogP contribution is -2.32. The number of likely N-dealkylation sites (tertiary alicyclic amines) is 1. The van der Waals surface area contributed by atoms with Crippen LogP contribution in [0.3, 0.4) is 0 Å². The molecule has 4 rings (SSSR count). The Hall–Kier alpha value is -2.73. The maximum atomic E-state index is 13.1. The van der Waals surface area contributed by atoms with Gasteiger partial charge in [0.15, 0.2) is 5.65 Å². The van der Waals surface area contributed by atoms with Crippen molar-refractivity contribution in [1.29, 1.82) is 0 Å². The molecule has 3 heterocycles. The van der Waals surface area contributed by atoms with Crippen molar-refractivity contribution in [2.75, 3.05) is 26.7 Å². The molecular formula is C23H29N5O. The molecule has 1 aromatic carbocycles. The minimum Gasteiger partial charge on any atom is -0.352 e. The third kappa shape index (κ3) is 4.17. The summed E-state index contributed by atoms with van der Waals surface area (Å²) in [4.78, 5) is 20.3. The zero-order chi connectivity index (χ0) is 20.4. The van der Waals surface area contributed by atoms with Crippen LogP contribution < -0.4 is 5.32 Å². The van der Waals surface area contributed by atoms with Gasteiger partial charge in [-0.1, -0.05) is 30.3 Å². The number of hydrogen-bond donors (Lipinski definition) is 1. The zero-order valence-electron chi connectivity index (χ0n) is 17.5. The van der Waals surface area contributed by atoms with Crippen molar-refractivity contribution in [2.45, 2.75) is 26.2 Å². The van der Waals surface area contributed by atoms with E-state index in [0.717, 1.165) is 47.5 Å². The summed E-state index contributed by atoms with van der Waals surface area (Å²) in [6.07, 6.45) is 3.46. The van der Waals surface area contributed by atoms with Crippen molar-refractivity contribution in [3.05, 3.63) is 47.7 Å². The average Bonchev–Trinajstić information content (AvgIpc) is 3.03. The number of fused-ring (bicyclic) bond motifs is 1. The smallest absolute Gasteiger partial charge is 0.252 e. The van der Waals surface area contributed by atoms with Gasteiger partial charge in [0.2, 0.25) is 0 Å². The highest BCUT2D eigenvalue weighted by molar-refractivity contribution is 6.07. The van der Waals surface area contributed by atoms with E-state index in [0.29, 0.717) is 18.0 Å². The molecule has 0 saturated carbocycles. The highest BCUT2D eigenvalue weighted by Gasteiger charge is 2.20. The van der Waals surface area contributed by atoms with E-state index in [1.54, 1.807) is 4.68 Å². The molecule has 1 aliphatic rings. The number of carbonyl (C=O) groups excluding carboxylic acids is 1. The second-order valence-electron chi connectivity index (χ2n) is 8.12. The molecule has 0 bridgehead atoms. The standard InChI is InChI=1S/C23H29N5O/c1-16-21-19(23(29)24-12-9-17-10-13-27(2)14-11-17)15-20(18-7-5-4-6-8-18)25-22(21)28(3)26-16/h4-8,15,17H,9-14H2,1-3H3,(H,24,29). The SMILES string of the molecule is Cc1nn(C)c2nc(-c3ccccc3)cc(C(=O)NCCC3CCN(C)CC3)c12. The fourth-order valence-corrected chi connectivity index (χ4v) is 4.22. The summed E-state index contributed by atoms with van der Waals surface area (Å²) >= 11 is 0. The van der Waals surface area contributed by atoms with Gasteiger partial charge in [-0.15, -0.1) is 0 Å². The summed E-state index contributed by atoms with van der Waals surface area (Å²) in [5, 5.41) is 8.48. The first-order valence-corrected chi connectivity index (χ1v) is 10.4. The van der Waals surface area contributed by atoms with Gasteiger partial charge in [0, 0.05) is 19.2 Å². The monoisotopic (exact) mass is 391 g/mol.